The van der Waals surface area contributed by atoms with E-state index in [4.69, 9.17) is 4.74 Å². The van der Waals surface area contributed by atoms with Crippen molar-refractivity contribution in [1.29, 1.82) is 0 Å². The highest BCUT2D eigenvalue weighted by Gasteiger charge is 2.23. The molecule has 1 N–H and O–H groups in total. The number of benzene rings is 1. The molecule has 6 heteroatoms. The van der Waals surface area contributed by atoms with Gasteiger partial charge in [0.2, 0.25) is 0 Å². The van der Waals surface area contributed by atoms with Gasteiger partial charge in [-0.2, -0.15) is 16.9 Å². The molecule has 1 aromatic carbocycles. The quantitative estimate of drug-likeness (QED) is 0.914. The number of rotatable bonds is 5. The second-order valence-electron chi connectivity index (χ2n) is 5.34. The van der Waals surface area contributed by atoms with Gasteiger partial charge in [0.1, 0.15) is 5.75 Å². The van der Waals surface area contributed by atoms with Crippen molar-refractivity contribution in [3.05, 3.63) is 42.2 Å². The van der Waals surface area contributed by atoms with Crippen LogP contribution in [0.2, 0.25) is 0 Å². The zero-order valence-corrected chi connectivity index (χ0v) is 13.0. The van der Waals surface area contributed by atoms with Crippen molar-refractivity contribution in [3.63, 3.8) is 0 Å². The third-order valence-corrected chi connectivity index (χ3v) is 4.95. The predicted molar refractivity (Wildman–Crippen MR) is 85.8 cm³/mol. The summed E-state index contributed by atoms with van der Waals surface area (Å²) >= 11 is 1.93. The maximum atomic E-state index is 11.6. The van der Waals surface area contributed by atoms with Crippen LogP contribution in [0, 0.1) is 5.92 Å². The highest BCUT2D eigenvalue weighted by atomic mass is 32.2. The first-order chi connectivity index (χ1) is 10.7. The lowest BCUT2D eigenvalue weighted by Gasteiger charge is -2.21. The molecule has 0 radical (unpaired) electrons. The van der Waals surface area contributed by atoms with Crippen molar-refractivity contribution in [2.75, 3.05) is 11.5 Å². The summed E-state index contributed by atoms with van der Waals surface area (Å²) in [6.07, 6.45) is 3.81. The van der Waals surface area contributed by atoms with E-state index in [-0.39, 0.29) is 5.69 Å². The standard InChI is InChI=1S/C16H18N2O3S/c19-16(20)15-14(21-13-6-2-1-3-7-13)9-17-18(15)10-12-5-4-8-22-11-12/h1-3,6-7,9,12H,4-5,8,10-11H2,(H,19,20). The Balaban J connectivity index is 1.80. The zero-order valence-electron chi connectivity index (χ0n) is 12.1. The Morgan fingerprint density at radius 1 is 1.41 bits per heavy atom. The van der Waals surface area contributed by atoms with E-state index in [1.54, 1.807) is 16.8 Å². The maximum absolute atomic E-state index is 11.6. The van der Waals surface area contributed by atoms with Crippen molar-refractivity contribution >= 4 is 17.7 Å². The third-order valence-electron chi connectivity index (χ3n) is 3.67. The molecular formula is C16H18N2O3S. The number of carbonyl (C=O) groups is 1. The SMILES string of the molecule is O=C(O)c1c(Oc2ccccc2)cnn1CC1CCCSC1. The van der Waals surface area contributed by atoms with E-state index in [9.17, 15) is 9.90 Å². The minimum Gasteiger partial charge on any atom is -0.476 e. The Morgan fingerprint density at radius 2 is 2.23 bits per heavy atom. The summed E-state index contributed by atoms with van der Waals surface area (Å²) in [7, 11) is 0. The Kier molecular flexibility index (Phi) is 4.68. The number of thioether (sulfide) groups is 1. The summed E-state index contributed by atoms with van der Waals surface area (Å²) in [5, 5.41) is 13.7. The van der Waals surface area contributed by atoms with E-state index in [2.05, 4.69) is 5.10 Å². The van der Waals surface area contributed by atoms with Gasteiger partial charge in [0, 0.05) is 6.54 Å². The molecular weight excluding hydrogens is 300 g/mol. The average Bonchev–Trinajstić information content (AvgIpc) is 2.92. The molecule has 2 heterocycles. The van der Waals surface area contributed by atoms with E-state index >= 15 is 0 Å². The normalized spacial score (nSPS) is 18.1. The van der Waals surface area contributed by atoms with E-state index in [0.717, 1.165) is 12.2 Å². The van der Waals surface area contributed by atoms with Crippen LogP contribution in [0.15, 0.2) is 36.5 Å². The van der Waals surface area contributed by atoms with Gasteiger partial charge in [-0.05, 0) is 42.4 Å². The predicted octanol–water partition coefficient (Wildman–Crippen LogP) is 3.52. The summed E-state index contributed by atoms with van der Waals surface area (Å²) in [5.74, 6) is 2.63. The first kappa shape index (κ1) is 15.0. The molecule has 1 unspecified atom stereocenters. The van der Waals surface area contributed by atoms with Crippen molar-refractivity contribution in [2.24, 2.45) is 5.92 Å². The lowest BCUT2D eigenvalue weighted by atomic mass is 10.1. The molecule has 1 aliphatic heterocycles. The highest BCUT2D eigenvalue weighted by molar-refractivity contribution is 7.99. The molecule has 1 aliphatic rings. The number of carboxylic acids is 1. The van der Waals surface area contributed by atoms with Gasteiger partial charge in [-0.1, -0.05) is 18.2 Å². The Hall–Kier alpha value is -1.95. The fraction of sp³-hybridized carbons (Fsp3) is 0.375. The van der Waals surface area contributed by atoms with Gasteiger partial charge < -0.3 is 9.84 Å². The van der Waals surface area contributed by atoms with Crippen molar-refractivity contribution in [3.8, 4) is 11.5 Å². The fourth-order valence-corrected chi connectivity index (χ4v) is 3.75. The van der Waals surface area contributed by atoms with Gasteiger partial charge in [0.05, 0.1) is 6.20 Å². The highest BCUT2D eigenvalue weighted by Crippen LogP contribution is 2.28. The lowest BCUT2D eigenvalue weighted by Crippen LogP contribution is -2.21. The topological polar surface area (TPSA) is 64.3 Å². The van der Waals surface area contributed by atoms with Crippen LogP contribution in [0.1, 0.15) is 23.3 Å². The van der Waals surface area contributed by atoms with E-state index in [1.807, 2.05) is 30.0 Å². The molecule has 0 spiro atoms. The first-order valence-corrected chi connectivity index (χ1v) is 8.49. The number of para-hydroxylation sites is 1. The zero-order chi connectivity index (χ0) is 15.4. The Labute approximate surface area is 133 Å². The van der Waals surface area contributed by atoms with E-state index in [0.29, 0.717) is 24.0 Å². The van der Waals surface area contributed by atoms with Crippen LogP contribution in [0.4, 0.5) is 0 Å². The molecule has 0 bridgehead atoms. The summed E-state index contributed by atoms with van der Waals surface area (Å²) in [6, 6.07) is 9.16. The lowest BCUT2D eigenvalue weighted by molar-refractivity contribution is 0.0679. The van der Waals surface area contributed by atoms with Crippen LogP contribution in [-0.2, 0) is 6.54 Å². The molecule has 116 valence electrons. The van der Waals surface area contributed by atoms with E-state index < -0.39 is 5.97 Å². The average molecular weight is 318 g/mol. The number of aromatic carboxylic acids is 1. The van der Waals surface area contributed by atoms with Crippen molar-refractivity contribution in [2.45, 2.75) is 19.4 Å². The number of hydrogen-bond donors (Lipinski definition) is 1. The van der Waals surface area contributed by atoms with Crippen molar-refractivity contribution in [1.82, 2.24) is 9.78 Å². The number of aromatic nitrogens is 2. The number of ether oxygens (including phenoxy) is 1. The Bertz CT molecular complexity index is 636. The van der Waals surface area contributed by atoms with Crippen LogP contribution in [0.25, 0.3) is 0 Å². The smallest absolute Gasteiger partial charge is 0.358 e. The minimum atomic E-state index is -1.01. The summed E-state index contributed by atoms with van der Waals surface area (Å²) < 4.78 is 7.24. The number of nitrogens with zero attached hydrogens (tertiary/aromatic N) is 2. The molecule has 5 nitrogen and oxygen atoms in total. The fourth-order valence-electron chi connectivity index (χ4n) is 2.61. The van der Waals surface area contributed by atoms with Gasteiger partial charge >= 0.3 is 5.97 Å². The summed E-state index contributed by atoms with van der Waals surface area (Å²) in [6.45, 7) is 0.632. The molecule has 1 fully saturated rings. The van der Waals surface area contributed by atoms with Gasteiger partial charge in [-0.25, -0.2) is 4.79 Å². The van der Waals surface area contributed by atoms with Gasteiger partial charge in [0.25, 0.3) is 0 Å². The van der Waals surface area contributed by atoms with Gasteiger partial charge in [-0.3, -0.25) is 4.68 Å². The molecule has 0 saturated carbocycles. The number of carboxylic acid groups (broad SMARTS) is 1. The second kappa shape index (κ2) is 6.87. The van der Waals surface area contributed by atoms with Crippen LogP contribution < -0.4 is 4.74 Å². The van der Waals surface area contributed by atoms with Crippen LogP contribution in [0.5, 0.6) is 11.5 Å². The molecule has 22 heavy (non-hydrogen) atoms. The summed E-state index contributed by atoms with van der Waals surface area (Å²) in [5.41, 5.74) is 0.124. The van der Waals surface area contributed by atoms with Gasteiger partial charge in [-0.15, -0.1) is 0 Å². The summed E-state index contributed by atoms with van der Waals surface area (Å²) in [4.78, 5) is 11.6. The second-order valence-corrected chi connectivity index (χ2v) is 6.49. The molecule has 2 aromatic rings. The molecule has 3 rings (SSSR count). The Morgan fingerprint density at radius 3 is 2.91 bits per heavy atom. The third kappa shape index (κ3) is 3.44. The van der Waals surface area contributed by atoms with Gasteiger partial charge in [0.15, 0.2) is 11.4 Å². The molecule has 1 aromatic heterocycles. The van der Waals surface area contributed by atoms with Crippen LogP contribution in [0.3, 0.4) is 0 Å². The monoisotopic (exact) mass is 318 g/mol. The van der Waals surface area contributed by atoms with Crippen LogP contribution >= 0.6 is 11.8 Å². The molecule has 1 atom stereocenters. The molecule has 0 aliphatic carbocycles. The molecule has 0 amide bonds. The number of hydrogen-bond acceptors (Lipinski definition) is 4. The van der Waals surface area contributed by atoms with Crippen molar-refractivity contribution < 1.29 is 14.6 Å². The van der Waals surface area contributed by atoms with Crippen LogP contribution in [-0.4, -0.2) is 32.4 Å². The maximum Gasteiger partial charge on any atom is 0.358 e. The van der Waals surface area contributed by atoms with E-state index in [1.165, 1.54) is 18.4 Å². The first-order valence-electron chi connectivity index (χ1n) is 7.34. The molecule has 1 saturated heterocycles. The minimum absolute atomic E-state index is 0.124. The largest absolute Gasteiger partial charge is 0.476 e.